The van der Waals surface area contributed by atoms with E-state index in [1.54, 1.807) is 6.92 Å². The highest BCUT2D eigenvalue weighted by Gasteiger charge is 2.14. The normalized spacial score (nSPS) is 16.7. The van der Waals surface area contributed by atoms with E-state index in [2.05, 4.69) is 20.8 Å². The fraction of sp³-hybridized carbons (Fsp3) is 0.727. The standard InChI is InChI=1S/C11H18N4O3/c1-8-14-15-11(18-8)13-10(16)4-7-17-9-2-5-12-6-3-9/h9,12H,2-7H2,1H3,(H,13,15,16). The summed E-state index contributed by atoms with van der Waals surface area (Å²) in [5.74, 6) is 0.254. The van der Waals surface area contributed by atoms with Gasteiger partial charge in [0, 0.05) is 6.92 Å². The molecule has 0 unspecified atom stereocenters. The van der Waals surface area contributed by atoms with Crippen LogP contribution in [0.3, 0.4) is 0 Å². The molecule has 1 saturated heterocycles. The van der Waals surface area contributed by atoms with Gasteiger partial charge in [0.15, 0.2) is 0 Å². The predicted molar refractivity (Wildman–Crippen MR) is 64.1 cm³/mol. The molecule has 2 rings (SSSR count). The maximum absolute atomic E-state index is 11.5. The van der Waals surface area contributed by atoms with E-state index < -0.39 is 0 Å². The van der Waals surface area contributed by atoms with Gasteiger partial charge in [-0.25, -0.2) is 0 Å². The molecule has 1 aromatic rings. The van der Waals surface area contributed by atoms with Crippen LogP contribution in [0.15, 0.2) is 4.42 Å². The largest absolute Gasteiger partial charge is 0.408 e. The Morgan fingerprint density at radius 3 is 2.94 bits per heavy atom. The first kappa shape index (κ1) is 13.0. The van der Waals surface area contributed by atoms with Crippen molar-refractivity contribution >= 4 is 11.9 Å². The maximum Gasteiger partial charge on any atom is 0.322 e. The number of amides is 1. The van der Waals surface area contributed by atoms with Gasteiger partial charge in [0.05, 0.1) is 19.1 Å². The summed E-state index contributed by atoms with van der Waals surface area (Å²) in [7, 11) is 0. The molecule has 1 fully saturated rings. The summed E-state index contributed by atoms with van der Waals surface area (Å²) in [6.45, 7) is 4.06. The van der Waals surface area contributed by atoms with E-state index in [1.165, 1.54) is 0 Å². The van der Waals surface area contributed by atoms with Crippen molar-refractivity contribution in [3.63, 3.8) is 0 Å². The van der Waals surface area contributed by atoms with Gasteiger partial charge in [0.1, 0.15) is 0 Å². The van der Waals surface area contributed by atoms with Crippen LogP contribution in [-0.2, 0) is 9.53 Å². The molecule has 0 atom stereocenters. The summed E-state index contributed by atoms with van der Waals surface area (Å²) >= 11 is 0. The number of carbonyl (C=O) groups excluding carboxylic acids is 1. The van der Waals surface area contributed by atoms with Crippen molar-refractivity contribution in [2.45, 2.75) is 32.3 Å². The van der Waals surface area contributed by atoms with E-state index >= 15 is 0 Å². The SMILES string of the molecule is Cc1nnc(NC(=O)CCOC2CCNCC2)o1. The Bertz CT molecular complexity index is 387. The molecule has 0 bridgehead atoms. The smallest absolute Gasteiger partial charge is 0.322 e. The van der Waals surface area contributed by atoms with Crippen molar-refractivity contribution in [2.75, 3.05) is 25.0 Å². The fourth-order valence-electron chi connectivity index (χ4n) is 1.81. The third-order valence-corrected chi connectivity index (χ3v) is 2.74. The molecular formula is C11H18N4O3. The van der Waals surface area contributed by atoms with Crippen molar-refractivity contribution in [1.82, 2.24) is 15.5 Å². The van der Waals surface area contributed by atoms with E-state index in [0.717, 1.165) is 25.9 Å². The van der Waals surface area contributed by atoms with Gasteiger partial charge in [0.2, 0.25) is 11.8 Å². The van der Waals surface area contributed by atoms with Gasteiger partial charge in [-0.2, -0.15) is 0 Å². The first-order valence-electron chi connectivity index (χ1n) is 6.16. The van der Waals surface area contributed by atoms with Crippen LogP contribution < -0.4 is 10.6 Å². The van der Waals surface area contributed by atoms with Crippen molar-refractivity contribution in [3.05, 3.63) is 5.89 Å². The molecule has 2 N–H and O–H groups in total. The molecule has 1 aliphatic heterocycles. The average Bonchev–Trinajstić information content (AvgIpc) is 2.76. The summed E-state index contributed by atoms with van der Waals surface area (Å²) in [5.41, 5.74) is 0. The van der Waals surface area contributed by atoms with E-state index in [-0.39, 0.29) is 18.0 Å². The summed E-state index contributed by atoms with van der Waals surface area (Å²) in [6.07, 6.45) is 2.57. The number of nitrogens with zero attached hydrogens (tertiary/aromatic N) is 2. The molecule has 1 aliphatic rings. The molecule has 0 aromatic carbocycles. The monoisotopic (exact) mass is 254 g/mol. The van der Waals surface area contributed by atoms with E-state index in [0.29, 0.717) is 18.9 Å². The highest BCUT2D eigenvalue weighted by atomic mass is 16.5. The molecule has 7 heteroatoms. The minimum Gasteiger partial charge on any atom is -0.408 e. The van der Waals surface area contributed by atoms with Crippen LogP contribution >= 0.6 is 0 Å². The Labute approximate surface area is 105 Å². The van der Waals surface area contributed by atoms with Crippen molar-refractivity contribution in [3.8, 4) is 0 Å². The molecule has 1 amide bonds. The molecular weight excluding hydrogens is 236 g/mol. The van der Waals surface area contributed by atoms with Gasteiger partial charge in [-0.3, -0.25) is 10.1 Å². The lowest BCUT2D eigenvalue weighted by Gasteiger charge is -2.22. The Balaban J connectivity index is 1.62. The summed E-state index contributed by atoms with van der Waals surface area (Å²) in [5, 5.41) is 13.1. The van der Waals surface area contributed by atoms with E-state index in [9.17, 15) is 4.79 Å². The Kier molecular flexibility index (Phi) is 4.66. The number of aromatic nitrogens is 2. The zero-order valence-electron chi connectivity index (χ0n) is 10.4. The number of nitrogens with one attached hydrogen (secondary N) is 2. The summed E-state index contributed by atoms with van der Waals surface area (Å²) in [4.78, 5) is 11.5. The molecule has 0 radical (unpaired) electrons. The highest BCUT2D eigenvalue weighted by molar-refractivity contribution is 5.88. The topological polar surface area (TPSA) is 89.3 Å². The Hall–Kier alpha value is -1.47. The molecule has 0 saturated carbocycles. The molecule has 18 heavy (non-hydrogen) atoms. The number of rotatable bonds is 5. The second-order valence-corrected chi connectivity index (χ2v) is 4.24. The van der Waals surface area contributed by atoms with E-state index in [1.807, 2.05) is 0 Å². The predicted octanol–water partition coefficient (Wildman–Crippen LogP) is 0.475. The van der Waals surface area contributed by atoms with Gasteiger partial charge >= 0.3 is 6.01 Å². The van der Waals surface area contributed by atoms with Gasteiger partial charge < -0.3 is 14.5 Å². The van der Waals surface area contributed by atoms with Gasteiger partial charge in [-0.15, -0.1) is 5.10 Å². The number of piperidine rings is 1. The van der Waals surface area contributed by atoms with E-state index in [4.69, 9.17) is 9.15 Å². The minimum absolute atomic E-state index is 0.138. The van der Waals surface area contributed by atoms with Crippen LogP contribution in [0.1, 0.15) is 25.2 Å². The van der Waals surface area contributed by atoms with Crippen LogP contribution in [0.2, 0.25) is 0 Å². The molecule has 0 aliphatic carbocycles. The summed E-state index contributed by atoms with van der Waals surface area (Å²) < 4.78 is 10.7. The highest BCUT2D eigenvalue weighted by Crippen LogP contribution is 2.08. The number of ether oxygens (including phenoxy) is 1. The van der Waals surface area contributed by atoms with Crippen LogP contribution in [-0.4, -0.2) is 41.9 Å². The van der Waals surface area contributed by atoms with Gasteiger partial charge in [-0.1, -0.05) is 5.10 Å². The Morgan fingerprint density at radius 2 is 2.28 bits per heavy atom. The molecule has 100 valence electrons. The second-order valence-electron chi connectivity index (χ2n) is 4.24. The quantitative estimate of drug-likeness (QED) is 0.794. The first-order valence-corrected chi connectivity index (χ1v) is 6.16. The third kappa shape index (κ3) is 4.08. The zero-order valence-corrected chi connectivity index (χ0v) is 10.4. The lowest BCUT2D eigenvalue weighted by atomic mass is 10.1. The Morgan fingerprint density at radius 1 is 1.50 bits per heavy atom. The average molecular weight is 254 g/mol. The number of aryl methyl sites for hydroxylation is 1. The maximum atomic E-state index is 11.5. The van der Waals surface area contributed by atoms with Crippen molar-refractivity contribution < 1.29 is 13.9 Å². The van der Waals surface area contributed by atoms with Crippen LogP contribution in [0, 0.1) is 6.92 Å². The molecule has 2 heterocycles. The number of hydrogen-bond donors (Lipinski definition) is 2. The number of carbonyl (C=O) groups is 1. The minimum atomic E-state index is -0.174. The zero-order chi connectivity index (χ0) is 12.8. The fourth-order valence-corrected chi connectivity index (χ4v) is 1.81. The van der Waals surface area contributed by atoms with Gasteiger partial charge in [-0.05, 0) is 25.9 Å². The summed E-state index contributed by atoms with van der Waals surface area (Å²) in [6, 6.07) is 0.138. The first-order chi connectivity index (χ1) is 8.74. The lowest BCUT2D eigenvalue weighted by Crippen LogP contribution is -2.33. The van der Waals surface area contributed by atoms with Crippen LogP contribution in [0.5, 0.6) is 0 Å². The van der Waals surface area contributed by atoms with Crippen molar-refractivity contribution in [2.24, 2.45) is 0 Å². The molecule has 0 spiro atoms. The van der Waals surface area contributed by atoms with Crippen LogP contribution in [0.4, 0.5) is 6.01 Å². The number of hydrogen-bond acceptors (Lipinski definition) is 6. The third-order valence-electron chi connectivity index (χ3n) is 2.74. The molecule has 7 nitrogen and oxygen atoms in total. The number of anilines is 1. The second kappa shape index (κ2) is 6.46. The lowest BCUT2D eigenvalue weighted by molar-refractivity contribution is -0.117. The van der Waals surface area contributed by atoms with Crippen molar-refractivity contribution in [1.29, 1.82) is 0 Å². The van der Waals surface area contributed by atoms with Crippen LogP contribution in [0.25, 0.3) is 0 Å². The molecule has 1 aromatic heterocycles. The van der Waals surface area contributed by atoms with Gasteiger partial charge in [0.25, 0.3) is 0 Å².